The van der Waals surface area contributed by atoms with Gasteiger partial charge in [0.25, 0.3) is 0 Å². The van der Waals surface area contributed by atoms with Gasteiger partial charge in [-0.1, -0.05) is 0 Å². The number of rotatable bonds is 0. The molecule has 0 aromatic carbocycles. The third-order valence-corrected chi connectivity index (χ3v) is 0. The molecule has 0 atom stereocenters. The second-order valence-electron chi connectivity index (χ2n) is 0.283. The SMILES string of the molecule is O=C(O)O.[H-].[K+].[Os]. The molecule has 5 heteroatoms. The fourth-order valence-corrected chi connectivity index (χ4v) is 0. The van der Waals surface area contributed by atoms with E-state index in [-0.39, 0.29) is 72.6 Å². The van der Waals surface area contributed by atoms with Gasteiger partial charge >= 0.3 is 57.5 Å². The van der Waals surface area contributed by atoms with E-state index < -0.39 is 6.16 Å². The Morgan fingerprint density at radius 3 is 1.50 bits per heavy atom. The molecule has 0 aliphatic carbocycles. The Balaban J connectivity index is -0.0000000150. The van der Waals surface area contributed by atoms with E-state index in [2.05, 4.69) is 0 Å². The Morgan fingerprint density at radius 1 is 1.50 bits per heavy atom. The molecule has 0 saturated carbocycles. The van der Waals surface area contributed by atoms with Crippen LogP contribution in [0.2, 0.25) is 0 Å². The Morgan fingerprint density at radius 2 is 1.50 bits per heavy atom. The molecule has 0 fully saturated rings. The summed E-state index contributed by atoms with van der Waals surface area (Å²) in [7, 11) is 0. The van der Waals surface area contributed by atoms with Crippen LogP contribution < -0.4 is 51.4 Å². The molecule has 0 heterocycles. The maximum atomic E-state index is 8.56. The van der Waals surface area contributed by atoms with Crippen LogP contribution in [-0.2, 0) is 19.8 Å². The Hall–Kier alpha value is 1.54. The van der Waals surface area contributed by atoms with Gasteiger partial charge in [0.1, 0.15) is 0 Å². The molecule has 3 nitrogen and oxygen atoms in total. The molecule has 6 heavy (non-hydrogen) atoms. The summed E-state index contributed by atoms with van der Waals surface area (Å²) in [5.74, 6) is 0. The fourth-order valence-electron chi connectivity index (χ4n) is 0. The van der Waals surface area contributed by atoms with E-state index >= 15 is 0 Å². The molecule has 0 rings (SSSR count). The van der Waals surface area contributed by atoms with Crippen molar-refractivity contribution in [3.8, 4) is 0 Å². The summed E-state index contributed by atoms with van der Waals surface area (Å²) in [5, 5.41) is 13.9. The summed E-state index contributed by atoms with van der Waals surface area (Å²) < 4.78 is 0. The van der Waals surface area contributed by atoms with Crippen molar-refractivity contribution < 1.29 is 87.6 Å². The maximum absolute atomic E-state index is 8.56. The molecule has 0 aliphatic rings. The summed E-state index contributed by atoms with van der Waals surface area (Å²) in [6.45, 7) is 0. The van der Waals surface area contributed by atoms with Crippen molar-refractivity contribution in [3.63, 3.8) is 0 Å². The van der Waals surface area contributed by atoms with Crippen LogP contribution in [0.3, 0.4) is 0 Å². The van der Waals surface area contributed by atoms with Crippen LogP contribution in [0.4, 0.5) is 4.79 Å². The van der Waals surface area contributed by atoms with Crippen LogP contribution in [0.15, 0.2) is 0 Å². The molecule has 0 saturated heterocycles. The predicted molar refractivity (Wildman–Crippen MR) is 11.8 cm³/mol. The number of carbonyl (C=O) groups is 1. The van der Waals surface area contributed by atoms with E-state index in [0.29, 0.717) is 0 Å². The Bertz CT molecular complexity index is 37.9. The molecule has 0 bridgehead atoms. The minimum absolute atomic E-state index is 0. The Labute approximate surface area is 92.1 Å². The molecule has 0 aromatic heterocycles. The van der Waals surface area contributed by atoms with E-state index in [1.165, 1.54) is 0 Å². The Kier molecular flexibility index (Phi) is 25.4. The number of hydrogen-bond acceptors (Lipinski definition) is 1. The van der Waals surface area contributed by atoms with Gasteiger partial charge in [0.05, 0.1) is 0 Å². The van der Waals surface area contributed by atoms with Gasteiger partial charge in [-0.2, -0.15) is 0 Å². The van der Waals surface area contributed by atoms with Gasteiger partial charge in [-0.25, -0.2) is 4.79 Å². The number of hydrogen-bond donors (Lipinski definition) is 2. The molecule has 34 valence electrons. The van der Waals surface area contributed by atoms with E-state index in [1.807, 2.05) is 0 Å². The molecular formula is CH3KO3Os. The fraction of sp³-hybridized carbons (Fsp3) is 0. The molecule has 0 aromatic rings. The van der Waals surface area contributed by atoms with Crippen molar-refractivity contribution in [3.05, 3.63) is 0 Å². The number of carboxylic acid groups (broad SMARTS) is 2. The van der Waals surface area contributed by atoms with Crippen LogP contribution in [-0.4, -0.2) is 16.4 Å². The third-order valence-electron chi connectivity index (χ3n) is 0. The second kappa shape index (κ2) is 9.74. The first-order valence-electron chi connectivity index (χ1n) is 0.651. The summed E-state index contributed by atoms with van der Waals surface area (Å²) in [4.78, 5) is 8.56. The van der Waals surface area contributed by atoms with Gasteiger partial charge in [0.15, 0.2) is 0 Å². The first-order chi connectivity index (χ1) is 1.73. The van der Waals surface area contributed by atoms with Gasteiger partial charge in [-0.05, 0) is 0 Å². The van der Waals surface area contributed by atoms with Crippen molar-refractivity contribution in [2.45, 2.75) is 0 Å². The monoisotopic (exact) mass is 294 g/mol. The standard InChI is InChI=1S/CH2O3.K.Os.H/c2-1(3)4;;;/h(H2,2,3,4);;;/q;+1;;-1. The summed E-state index contributed by atoms with van der Waals surface area (Å²) >= 11 is 0. The topological polar surface area (TPSA) is 57.5 Å². The zero-order valence-electron chi connectivity index (χ0n) is 4.16. The maximum Gasteiger partial charge on any atom is 1.00 e. The van der Waals surface area contributed by atoms with E-state index in [4.69, 9.17) is 15.0 Å². The van der Waals surface area contributed by atoms with E-state index in [9.17, 15) is 0 Å². The quantitative estimate of drug-likeness (QED) is 0.479. The van der Waals surface area contributed by atoms with Crippen LogP contribution >= 0.6 is 0 Å². The summed E-state index contributed by atoms with van der Waals surface area (Å²) in [6.07, 6.45) is -1.83. The van der Waals surface area contributed by atoms with Crippen LogP contribution in [0, 0.1) is 0 Å². The van der Waals surface area contributed by atoms with E-state index in [1.54, 1.807) is 0 Å². The predicted octanol–water partition coefficient (Wildman–Crippen LogP) is -2.66. The zero-order valence-corrected chi connectivity index (χ0v) is 8.82. The van der Waals surface area contributed by atoms with E-state index in [0.717, 1.165) is 0 Å². The van der Waals surface area contributed by atoms with Crippen LogP contribution in [0.1, 0.15) is 1.43 Å². The minimum atomic E-state index is -1.83. The van der Waals surface area contributed by atoms with Crippen LogP contribution in [0.25, 0.3) is 0 Å². The minimum Gasteiger partial charge on any atom is -1.00 e. The first-order valence-corrected chi connectivity index (χ1v) is 0.651. The summed E-state index contributed by atoms with van der Waals surface area (Å²) in [6, 6.07) is 0. The third kappa shape index (κ3) is 48.1. The van der Waals surface area contributed by atoms with Gasteiger partial charge in [0.2, 0.25) is 0 Å². The van der Waals surface area contributed by atoms with Crippen molar-refractivity contribution >= 4 is 6.16 Å². The summed E-state index contributed by atoms with van der Waals surface area (Å²) in [5.41, 5.74) is 0. The molecule has 0 aliphatic heterocycles. The van der Waals surface area contributed by atoms with Crippen LogP contribution in [0.5, 0.6) is 0 Å². The smallest absolute Gasteiger partial charge is 1.00 e. The van der Waals surface area contributed by atoms with Crippen molar-refractivity contribution in [1.82, 2.24) is 0 Å². The zero-order chi connectivity index (χ0) is 3.58. The van der Waals surface area contributed by atoms with Crippen molar-refractivity contribution in [1.29, 1.82) is 0 Å². The van der Waals surface area contributed by atoms with Crippen molar-refractivity contribution in [2.75, 3.05) is 0 Å². The molecule has 0 spiro atoms. The molecule has 0 unspecified atom stereocenters. The average Bonchev–Trinajstić information content (AvgIpc) is 0.811. The molecule has 0 amide bonds. The average molecular weight is 292 g/mol. The van der Waals surface area contributed by atoms with Gasteiger partial charge < -0.3 is 11.6 Å². The second-order valence-corrected chi connectivity index (χ2v) is 0.283. The molecule has 0 radical (unpaired) electrons. The van der Waals surface area contributed by atoms with Gasteiger partial charge in [-0.15, -0.1) is 0 Å². The molecule has 2 N–H and O–H groups in total. The normalized spacial score (nSPS) is 4.00. The van der Waals surface area contributed by atoms with Gasteiger partial charge in [-0.3, -0.25) is 0 Å². The largest absolute Gasteiger partial charge is 1.00 e. The molecular weight excluding hydrogens is 289 g/mol. The first kappa shape index (κ1) is 15.6. The van der Waals surface area contributed by atoms with Crippen molar-refractivity contribution in [2.24, 2.45) is 0 Å². The van der Waals surface area contributed by atoms with Gasteiger partial charge in [0, 0.05) is 19.8 Å².